The van der Waals surface area contributed by atoms with Crippen LogP contribution in [0.1, 0.15) is 69.8 Å². The number of aromatic amines is 1. The van der Waals surface area contributed by atoms with Crippen molar-refractivity contribution >= 4 is 11.8 Å². The Morgan fingerprint density at radius 1 is 1.13 bits per heavy atom. The number of hydrogen-bond acceptors (Lipinski definition) is 3. The Labute approximate surface area is 178 Å². The Hall–Kier alpha value is -2.84. The van der Waals surface area contributed by atoms with Gasteiger partial charge in [-0.2, -0.15) is 18.3 Å². The molecular weight excluding hydrogens is 409 g/mol. The highest BCUT2D eigenvalue weighted by Gasteiger charge is 2.33. The van der Waals surface area contributed by atoms with Crippen LogP contribution in [0.5, 0.6) is 0 Å². The number of hydrogen-bond donors (Lipinski definition) is 1. The number of aromatic nitrogens is 2. The quantitative estimate of drug-likeness (QED) is 0.793. The van der Waals surface area contributed by atoms with Crippen molar-refractivity contribution in [2.45, 2.75) is 57.3 Å². The van der Waals surface area contributed by atoms with Gasteiger partial charge in [-0.1, -0.05) is 19.3 Å². The molecular formula is C22H25F3N4O2. The molecule has 4 rings (SSSR count). The summed E-state index contributed by atoms with van der Waals surface area (Å²) in [7, 11) is 1.80. The van der Waals surface area contributed by atoms with Crippen LogP contribution in [-0.4, -0.2) is 51.4 Å². The predicted octanol–water partition coefficient (Wildman–Crippen LogP) is 4.03. The van der Waals surface area contributed by atoms with Gasteiger partial charge in [0.25, 0.3) is 11.8 Å². The van der Waals surface area contributed by atoms with Crippen molar-refractivity contribution in [2.75, 3.05) is 13.6 Å². The van der Waals surface area contributed by atoms with E-state index in [0.29, 0.717) is 24.2 Å². The molecule has 6 nitrogen and oxygen atoms in total. The van der Waals surface area contributed by atoms with Gasteiger partial charge in [0, 0.05) is 42.9 Å². The lowest BCUT2D eigenvalue weighted by molar-refractivity contribution is -0.137. The van der Waals surface area contributed by atoms with E-state index in [1.165, 1.54) is 18.6 Å². The molecule has 9 heteroatoms. The molecule has 2 aliphatic rings. The maximum atomic E-state index is 13.1. The SMILES string of the molecule is CN(C(=O)c1n[nH]c2c1CN(C(=O)c1ccc(C(F)(F)F)cc1)CC2)C1CCCCC1. The van der Waals surface area contributed by atoms with Crippen molar-refractivity contribution in [3.05, 3.63) is 52.3 Å². The number of carbonyl (C=O) groups is 2. The van der Waals surface area contributed by atoms with Crippen molar-refractivity contribution < 1.29 is 22.8 Å². The molecule has 1 aliphatic carbocycles. The number of halogens is 3. The molecule has 2 amide bonds. The molecule has 1 aliphatic heterocycles. The molecule has 1 aromatic heterocycles. The molecule has 2 aromatic rings. The summed E-state index contributed by atoms with van der Waals surface area (Å²) in [6, 6.07) is 4.41. The minimum atomic E-state index is -4.45. The predicted molar refractivity (Wildman–Crippen MR) is 107 cm³/mol. The van der Waals surface area contributed by atoms with E-state index in [1.54, 1.807) is 16.8 Å². The van der Waals surface area contributed by atoms with Gasteiger partial charge < -0.3 is 9.80 Å². The van der Waals surface area contributed by atoms with E-state index in [2.05, 4.69) is 10.2 Å². The first-order valence-corrected chi connectivity index (χ1v) is 10.6. The second kappa shape index (κ2) is 8.36. The number of carbonyl (C=O) groups excluding carboxylic acids is 2. The molecule has 0 bridgehead atoms. The van der Waals surface area contributed by atoms with Crippen LogP contribution < -0.4 is 0 Å². The van der Waals surface area contributed by atoms with Crippen LogP contribution in [0.25, 0.3) is 0 Å². The van der Waals surface area contributed by atoms with Crippen LogP contribution >= 0.6 is 0 Å². The van der Waals surface area contributed by atoms with Crippen molar-refractivity contribution in [3.63, 3.8) is 0 Å². The molecule has 166 valence electrons. The largest absolute Gasteiger partial charge is 0.416 e. The lowest BCUT2D eigenvalue weighted by Gasteiger charge is -2.31. The third kappa shape index (κ3) is 4.31. The van der Waals surface area contributed by atoms with Crippen molar-refractivity contribution in [3.8, 4) is 0 Å². The number of fused-ring (bicyclic) bond motifs is 1. The molecule has 31 heavy (non-hydrogen) atoms. The summed E-state index contributed by atoms with van der Waals surface area (Å²) in [4.78, 5) is 29.3. The summed E-state index contributed by atoms with van der Waals surface area (Å²) in [5, 5.41) is 7.17. The fourth-order valence-electron chi connectivity index (χ4n) is 4.43. The number of rotatable bonds is 3. The minimum absolute atomic E-state index is 0.159. The lowest BCUT2D eigenvalue weighted by Crippen LogP contribution is -2.40. The Morgan fingerprint density at radius 2 is 1.81 bits per heavy atom. The molecule has 1 aromatic carbocycles. The van der Waals surface area contributed by atoms with Crippen molar-refractivity contribution in [1.29, 1.82) is 0 Å². The molecule has 0 saturated heterocycles. The number of alkyl halides is 3. The van der Waals surface area contributed by atoms with Gasteiger partial charge in [-0.3, -0.25) is 14.7 Å². The molecule has 1 N–H and O–H groups in total. The standard InChI is InChI=1S/C22H25F3N4O2/c1-28(16-5-3-2-4-6-16)21(31)19-17-13-29(12-11-18(17)26-27-19)20(30)14-7-9-15(10-8-14)22(23,24)25/h7-10,16H,2-6,11-13H2,1H3,(H,26,27). The summed E-state index contributed by atoms with van der Waals surface area (Å²) in [5.74, 6) is -0.521. The molecule has 2 heterocycles. The van der Waals surface area contributed by atoms with Crippen molar-refractivity contribution in [1.82, 2.24) is 20.0 Å². The summed E-state index contributed by atoms with van der Waals surface area (Å²) in [5.41, 5.74) is 1.25. The van der Waals surface area contributed by atoms with Crippen LogP contribution in [0.2, 0.25) is 0 Å². The van der Waals surface area contributed by atoms with Gasteiger partial charge in [-0.05, 0) is 37.1 Å². The third-order valence-corrected chi connectivity index (χ3v) is 6.33. The van der Waals surface area contributed by atoms with E-state index < -0.39 is 11.7 Å². The van der Waals surface area contributed by atoms with Crippen molar-refractivity contribution in [2.24, 2.45) is 0 Å². The maximum Gasteiger partial charge on any atom is 0.416 e. The summed E-state index contributed by atoms with van der Waals surface area (Å²) in [6.45, 7) is 0.604. The summed E-state index contributed by atoms with van der Waals surface area (Å²) >= 11 is 0. The molecule has 1 fully saturated rings. The topological polar surface area (TPSA) is 69.3 Å². The van der Waals surface area contributed by atoms with E-state index in [1.807, 2.05) is 0 Å². The van der Waals surface area contributed by atoms with Gasteiger partial charge in [0.15, 0.2) is 5.69 Å². The normalized spacial score (nSPS) is 17.4. The van der Waals surface area contributed by atoms with E-state index in [-0.39, 0.29) is 30.0 Å². The summed E-state index contributed by atoms with van der Waals surface area (Å²) in [6.07, 6.45) is 1.43. The molecule has 0 spiro atoms. The Morgan fingerprint density at radius 3 is 2.45 bits per heavy atom. The Bertz CT molecular complexity index is 962. The van der Waals surface area contributed by atoms with Gasteiger partial charge in [-0.15, -0.1) is 0 Å². The second-order valence-corrected chi connectivity index (χ2v) is 8.29. The zero-order valence-corrected chi connectivity index (χ0v) is 17.3. The van der Waals surface area contributed by atoms with Gasteiger partial charge in [-0.25, -0.2) is 0 Å². The Kier molecular flexibility index (Phi) is 5.77. The van der Waals surface area contributed by atoms with Gasteiger partial charge in [0.1, 0.15) is 0 Å². The van der Waals surface area contributed by atoms with Gasteiger partial charge in [0.05, 0.1) is 12.1 Å². The highest BCUT2D eigenvalue weighted by molar-refractivity contribution is 5.96. The molecule has 0 atom stereocenters. The first-order chi connectivity index (χ1) is 14.8. The van der Waals surface area contributed by atoms with Crippen LogP contribution in [0, 0.1) is 0 Å². The minimum Gasteiger partial charge on any atom is -0.337 e. The number of amides is 2. The van der Waals surface area contributed by atoms with E-state index in [9.17, 15) is 22.8 Å². The zero-order valence-electron chi connectivity index (χ0n) is 17.3. The monoisotopic (exact) mass is 434 g/mol. The van der Waals surface area contributed by atoms with Crippen LogP contribution in [0.3, 0.4) is 0 Å². The molecule has 1 saturated carbocycles. The van der Waals surface area contributed by atoms with E-state index in [4.69, 9.17) is 0 Å². The van der Waals surface area contributed by atoms with E-state index in [0.717, 1.165) is 43.5 Å². The first kappa shape index (κ1) is 21.4. The third-order valence-electron chi connectivity index (χ3n) is 6.33. The first-order valence-electron chi connectivity index (χ1n) is 10.6. The highest BCUT2D eigenvalue weighted by Crippen LogP contribution is 2.30. The fourth-order valence-corrected chi connectivity index (χ4v) is 4.43. The fraction of sp³-hybridized carbons (Fsp3) is 0.500. The number of benzene rings is 1. The average Bonchev–Trinajstić information content (AvgIpc) is 3.21. The number of nitrogens with one attached hydrogen (secondary N) is 1. The highest BCUT2D eigenvalue weighted by atomic mass is 19.4. The molecule has 0 unspecified atom stereocenters. The maximum absolute atomic E-state index is 13.1. The smallest absolute Gasteiger partial charge is 0.337 e. The number of H-pyrrole nitrogens is 1. The molecule has 0 radical (unpaired) electrons. The van der Waals surface area contributed by atoms with Crippen LogP contribution in [0.4, 0.5) is 13.2 Å². The van der Waals surface area contributed by atoms with Gasteiger partial charge >= 0.3 is 6.18 Å². The van der Waals surface area contributed by atoms with E-state index >= 15 is 0 Å². The van der Waals surface area contributed by atoms with Gasteiger partial charge in [0.2, 0.25) is 0 Å². The summed E-state index contributed by atoms with van der Waals surface area (Å²) < 4.78 is 38.3. The average molecular weight is 434 g/mol. The number of nitrogens with zero attached hydrogens (tertiary/aromatic N) is 3. The lowest BCUT2D eigenvalue weighted by atomic mass is 9.94. The zero-order chi connectivity index (χ0) is 22.2. The van der Waals surface area contributed by atoms with Crippen LogP contribution in [-0.2, 0) is 19.1 Å². The van der Waals surface area contributed by atoms with Crippen LogP contribution in [0.15, 0.2) is 24.3 Å². The Balaban J connectivity index is 1.50. The second-order valence-electron chi connectivity index (χ2n) is 8.29.